The maximum atomic E-state index is 12.7. The molecule has 1 aliphatic rings. The quantitative estimate of drug-likeness (QED) is 0.786. The minimum atomic E-state index is -0.548. The highest BCUT2D eigenvalue weighted by atomic mass is 79.9. The van der Waals surface area contributed by atoms with Gasteiger partial charge in [0.2, 0.25) is 0 Å². The van der Waals surface area contributed by atoms with Gasteiger partial charge in [-0.05, 0) is 36.8 Å². The molecule has 124 valence electrons. The van der Waals surface area contributed by atoms with Crippen molar-refractivity contribution in [3.8, 4) is 0 Å². The maximum Gasteiger partial charge on any atom is 0.251 e. The van der Waals surface area contributed by atoms with Gasteiger partial charge in [-0.3, -0.25) is 4.79 Å². The number of carbonyl (C=O) groups excluding carboxylic acids is 1. The van der Waals surface area contributed by atoms with Crippen molar-refractivity contribution in [2.45, 2.75) is 18.6 Å². The molecular formula is C20H20BrNO2. The summed E-state index contributed by atoms with van der Waals surface area (Å²) < 4.78 is 6.97. The summed E-state index contributed by atoms with van der Waals surface area (Å²) in [6.45, 7) is 6.49. The Hall–Kier alpha value is -1.91. The lowest BCUT2D eigenvalue weighted by Crippen LogP contribution is -2.52. The Kier molecular flexibility index (Phi) is 4.88. The Bertz CT molecular complexity index is 729. The first-order valence-corrected chi connectivity index (χ1v) is 8.71. The van der Waals surface area contributed by atoms with Crippen LogP contribution in [-0.2, 0) is 4.74 Å². The molecule has 1 aliphatic heterocycles. The van der Waals surface area contributed by atoms with Crippen molar-refractivity contribution in [2.24, 2.45) is 5.92 Å². The van der Waals surface area contributed by atoms with Crippen molar-refractivity contribution in [2.75, 3.05) is 6.61 Å². The lowest BCUT2D eigenvalue weighted by atomic mass is 9.80. The number of ether oxygens (including phenoxy) is 1. The van der Waals surface area contributed by atoms with Crippen LogP contribution in [0.5, 0.6) is 0 Å². The molecule has 0 bridgehead atoms. The van der Waals surface area contributed by atoms with Crippen LogP contribution in [0.3, 0.4) is 0 Å². The molecule has 3 atom stereocenters. The highest BCUT2D eigenvalue weighted by Gasteiger charge is 2.48. The number of hydrogen-bond acceptors (Lipinski definition) is 2. The normalized spacial score (nSPS) is 26.1. The van der Waals surface area contributed by atoms with Gasteiger partial charge in [0.15, 0.2) is 0 Å². The lowest BCUT2D eigenvalue weighted by Gasteiger charge is -2.35. The molecule has 3 rings (SSSR count). The van der Waals surface area contributed by atoms with E-state index in [4.69, 9.17) is 4.74 Å². The van der Waals surface area contributed by atoms with Crippen LogP contribution < -0.4 is 5.32 Å². The number of hydrogen-bond donors (Lipinski definition) is 1. The minimum Gasteiger partial charge on any atom is -0.370 e. The fraction of sp³-hybridized carbons (Fsp3) is 0.250. The van der Waals surface area contributed by atoms with Crippen molar-refractivity contribution in [3.63, 3.8) is 0 Å². The summed E-state index contributed by atoms with van der Waals surface area (Å²) in [5.74, 6) is -0.0645. The first kappa shape index (κ1) is 16.9. The van der Waals surface area contributed by atoms with Crippen molar-refractivity contribution in [1.82, 2.24) is 5.32 Å². The summed E-state index contributed by atoms with van der Waals surface area (Å²) >= 11 is 3.39. The molecule has 0 aliphatic carbocycles. The molecule has 24 heavy (non-hydrogen) atoms. The van der Waals surface area contributed by atoms with E-state index in [1.807, 2.05) is 55.5 Å². The molecule has 2 aromatic carbocycles. The van der Waals surface area contributed by atoms with Crippen LogP contribution in [0.2, 0.25) is 0 Å². The van der Waals surface area contributed by atoms with E-state index < -0.39 is 5.54 Å². The van der Waals surface area contributed by atoms with E-state index in [1.54, 1.807) is 12.1 Å². The van der Waals surface area contributed by atoms with Gasteiger partial charge in [0.1, 0.15) is 6.10 Å². The molecule has 0 unspecified atom stereocenters. The van der Waals surface area contributed by atoms with Crippen LogP contribution in [0.1, 0.15) is 28.9 Å². The van der Waals surface area contributed by atoms with Gasteiger partial charge in [-0.1, -0.05) is 52.3 Å². The molecule has 1 N–H and O–H groups in total. The Labute approximate surface area is 150 Å². The molecule has 1 amide bonds. The highest BCUT2D eigenvalue weighted by molar-refractivity contribution is 9.10. The van der Waals surface area contributed by atoms with Crippen LogP contribution >= 0.6 is 15.9 Å². The molecule has 1 saturated heterocycles. The van der Waals surface area contributed by atoms with Gasteiger partial charge in [0, 0.05) is 16.0 Å². The second-order valence-corrected chi connectivity index (χ2v) is 7.13. The Morgan fingerprint density at radius 2 is 1.92 bits per heavy atom. The standard InChI is InChI=1S/C20H20BrNO2/c1-3-16-13-24-18(14-7-5-4-6-8-14)20(16,2)22-19(23)15-9-11-17(21)12-10-15/h3-12,16,18H,1,13H2,2H3,(H,22,23)/t16-,18+,20-/m0/s1. The summed E-state index contributed by atoms with van der Waals surface area (Å²) in [6, 6.07) is 17.3. The molecule has 4 heteroatoms. The van der Waals surface area contributed by atoms with Crippen molar-refractivity contribution in [1.29, 1.82) is 0 Å². The molecule has 0 spiro atoms. The maximum absolute atomic E-state index is 12.7. The van der Waals surface area contributed by atoms with Gasteiger partial charge in [0.05, 0.1) is 12.1 Å². The van der Waals surface area contributed by atoms with E-state index in [1.165, 1.54) is 0 Å². The van der Waals surface area contributed by atoms with E-state index in [0.29, 0.717) is 12.2 Å². The molecular weight excluding hydrogens is 366 g/mol. The Morgan fingerprint density at radius 3 is 2.54 bits per heavy atom. The number of benzene rings is 2. The van der Waals surface area contributed by atoms with Crippen molar-refractivity contribution in [3.05, 3.63) is 82.9 Å². The molecule has 1 fully saturated rings. The summed E-state index contributed by atoms with van der Waals surface area (Å²) in [7, 11) is 0. The highest BCUT2D eigenvalue weighted by Crippen LogP contribution is 2.42. The summed E-state index contributed by atoms with van der Waals surface area (Å²) in [6.07, 6.45) is 1.66. The summed E-state index contributed by atoms with van der Waals surface area (Å²) in [5.41, 5.74) is 1.13. The van der Waals surface area contributed by atoms with Gasteiger partial charge < -0.3 is 10.1 Å². The van der Waals surface area contributed by atoms with Crippen LogP contribution in [0.4, 0.5) is 0 Å². The topological polar surface area (TPSA) is 38.3 Å². The molecule has 3 nitrogen and oxygen atoms in total. The molecule has 0 saturated carbocycles. The fourth-order valence-electron chi connectivity index (χ4n) is 3.20. The van der Waals surface area contributed by atoms with Gasteiger partial charge in [-0.2, -0.15) is 0 Å². The number of amides is 1. The minimum absolute atomic E-state index is 0.0436. The average molecular weight is 386 g/mol. The third kappa shape index (κ3) is 3.17. The summed E-state index contributed by atoms with van der Waals surface area (Å²) in [4.78, 5) is 12.7. The van der Waals surface area contributed by atoms with Crippen LogP contribution in [0, 0.1) is 5.92 Å². The Morgan fingerprint density at radius 1 is 1.25 bits per heavy atom. The SMILES string of the molecule is C=C[C@H]1CO[C@H](c2ccccc2)[C@@]1(C)NC(=O)c1ccc(Br)cc1. The summed E-state index contributed by atoms with van der Waals surface area (Å²) in [5, 5.41) is 3.19. The van der Waals surface area contributed by atoms with Crippen LogP contribution in [0.15, 0.2) is 71.7 Å². The van der Waals surface area contributed by atoms with E-state index in [-0.39, 0.29) is 17.9 Å². The number of nitrogens with one attached hydrogen (secondary N) is 1. The second-order valence-electron chi connectivity index (χ2n) is 6.21. The predicted octanol–water partition coefficient (Wildman–Crippen LogP) is 4.51. The first-order chi connectivity index (χ1) is 11.5. The smallest absolute Gasteiger partial charge is 0.251 e. The second kappa shape index (κ2) is 6.91. The number of halogens is 1. The third-order valence-corrected chi connectivity index (χ3v) is 5.16. The third-order valence-electron chi connectivity index (χ3n) is 4.63. The van der Waals surface area contributed by atoms with Gasteiger partial charge >= 0.3 is 0 Å². The lowest BCUT2D eigenvalue weighted by molar-refractivity contribution is 0.0636. The fourth-order valence-corrected chi connectivity index (χ4v) is 3.46. The molecule has 1 heterocycles. The number of rotatable bonds is 4. The first-order valence-electron chi connectivity index (χ1n) is 7.92. The zero-order valence-corrected chi connectivity index (χ0v) is 15.1. The van der Waals surface area contributed by atoms with Gasteiger partial charge in [-0.15, -0.1) is 6.58 Å². The largest absolute Gasteiger partial charge is 0.370 e. The number of carbonyl (C=O) groups is 1. The zero-order chi connectivity index (χ0) is 17.2. The molecule has 2 aromatic rings. The molecule has 0 radical (unpaired) electrons. The van der Waals surface area contributed by atoms with Crippen molar-refractivity contribution < 1.29 is 9.53 Å². The average Bonchev–Trinajstić information content (AvgIpc) is 2.92. The van der Waals surface area contributed by atoms with Gasteiger partial charge in [0.25, 0.3) is 5.91 Å². The van der Waals surface area contributed by atoms with Gasteiger partial charge in [-0.25, -0.2) is 0 Å². The Balaban J connectivity index is 1.89. The van der Waals surface area contributed by atoms with E-state index in [9.17, 15) is 4.79 Å². The van der Waals surface area contributed by atoms with Crippen LogP contribution in [0.25, 0.3) is 0 Å². The van der Waals surface area contributed by atoms with Crippen LogP contribution in [-0.4, -0.2) is 18.1 Å². The van der Waals surface area contributed by atoms with E-state index in [2.05, 4.69) is 27.8 Å². The predicted molar refractivity (Wildman–Crippen MR) is 98.8 cm³/mol. The van der Waals surface area contributed by atoms with Crippen molar-refractivity contribution >= 4 is 21.8 Å². The zero-order valence-electron chi connectivity index (χ0n) is 13.5. The van der Waals surface area contributed by atoms with E-state index >= 15 is 0 Å². The van der Waals surface area contributed by atoms with E-state index in [0.717, 1.165) is 10.0 Å². The monoisotopic (exact) mass is 385 g/mol. The molecule has 0 aromatic heterocycles.